The van der Waals surface area contributed by atoms with Gasteiger partial charge in [-0.1, -0.05) is 35.0 Å². The number of H-pyrrole nitrogens is 2. The van der Waals surface area contributed by atoms with Crippen LogP contribution in [0.5, 0.6) is 17.2 Å². The standard InChI is InChI=1S/C13H13NO4S.C11H9NO5S.C10H9NO3S.C8H8ClNO2.C8H9NO3.C7H7NO3.C3H5BrO.C3H6O2S.CH2Cl2.2CH2O3.CH4.Cl3OP.4K.H2O.2H/c1-7-4-9-10(18-6-8(2)15)11(13(16)17-3)19-12(9)14-5-7;1-5-2-6-8(17-4-7(13)14)9(11(15)16)18-10(6)12-3-5;1-5-3-6-7(12)8(10(13)14-2)15-9(6)11-4-5;1-5-3-6(8(11)12-2)7(9)10-4-5;1-5-3-6(8(11)12-2)7(10)9-4-5;1-11-7(10)5-3-2-4-8-6(5)9;1-3(5)2-4;1-5-3(4)2-6;2-1-3;2*2-1-4-3;;1-5(2,3)4;;;;;;;/h4-5H,6H2,1-3H3;2-3H,4H2,1H3,(H,13,14)(H,15,16);3-4,12H,1-2H3;3-4H,1-2H3;3-4H,1-2H3,(H,9,10);2-4H,1H3,(H,8,9);2H2,1H3;6H,2H2,1H3;1H2;2*1,3H;1H4;;;;;;1H2;;/q;;;;;;;;;;;;;4*+1;;2*-1/p-2. The number of carbonyl (C=O) groups is 12. The normalized spacial score (nSPS) is 8.99. The van der Waals surface area contributed by atoms with Crippen molar-refractivity contribution in [3.8, 4) is 17.2 Å². The van der Waals surface area contributed by atoms with Crippen LogP contribution in [0.25, 0.3) is 30.6 Å². The number of nitrogens with zero attached hydrogens (tertiary/aromatic N) is 4. The van der Waals surface area contributed by atoms with E-state index in [2.05, 4.69) is 126 Å². The Morgan fingerprint density at radius 2 is 0.908 bits per heavy atom. The van der Waals surface area contributed by atoms with Crippen LogP contribution in [0.1, 0.15) is 112 Å². The molecule has 0 fully saturated rings. The molecule has 0 spiro atoms. The molecule has 7 N–H and O–H groups in total. The zero-order valence-electron chi connectivity index (χ0n) is 68.1. The van der Waals surface area contributed by atoms with Gasteiger partial charge in [-0.15, -0.1) is 57.2 Å². The largest absolute Gasteiger partial charge is 1.00 e. The summed E-state index contributed by atoms with van der Waals surface area (Å²) in [5, 5.41) is 43.8. The van der Waals surface area contributed by atoms with Gasteiger partial charge in [-0.3, -0.25) is 38.1 Å². The van der Waals surface area contributed by atoms with Crippen molar-refractivity contribution in [1.29, 1.82) is 0 Å². The average molecular weight is 2070 g/mol. The van der Waals surface area contributed by atoms with Gasteiger partial charge < -0.3 is 91.8 Å². The van der Waals surface area contributed by atoms with E-state index in [1.807, 2.05) is 33.8 Å². The fourth-order valence-electron chi connectivity index (χ4n) is 6.82. The Bertz CT molecular complexity index is 4850. The van der Waals surface area contributed by atoms with Crippen LogP contribution < -0.4 is 237 Å². The molecule has 120 heavy (non-hydrogen) atoms. The zero-order valence-corrected chi connectivity index (χ0v) is 89.0. The number of methoxy groups -OCH3 is 6. The van der Waals surface area contributed by atoms with E-state index in [0.717, 1.165) is 55.9 Å². The SMILES string of the molecule is C.CC(=O)CBr.COC(=O)CS.COC(=O)c1cc(C)c[nH]c1=O.COC(=O)c1cc(C)cnc1Cl.COC(=O)c1ccc[nH]c1=O.COC(=O)c1sc2ncc(C)cc2c1O.COC(=O)c1sc2ncc(C)cc2c1OCC(C)=O.Cc1cnc2sc(C(=O)O)c(OCC(=O)O)c2c1.ClCCl.O.O=CO[O-].O=CO[O-].O=P(Cl)(Cl)Cl.[H-].[H-].[K+].[K+].[K+].[K+]. The number of alkyl halides is 3. The van der Waals surface area contributed by atoms with Crippen molar-refractivity contribution in [2.24, 2.45) is 0 Å². The van der Waals surface area contributed by atoms with Crippen LogP contribution in [0.2, 0.25) is 5.15 Å². The minimum atomic E-state index is -3.22. The molecular weight excluding hydrogens is 1990 g/mol. The summed E-state index contributed by atoms with van der Waals surface area (Å²) in [6, 6.07) is 11.5. The molecule has 0 amide bonds. The fraction of sp³-hybridized carbons (Fsp3) is 0.284. The Kier molecular flexibility index (Phi) is 86.9. The number of hydrogen-bond acceptors (Lipinski definition) is 36. The number of aromatic amines is 2. The number of esters is 6. The number of thiophene rings is 3. The number of fused-ring (bicyclic) bond motifs is 3. The van der Waals surface area contributed by atoms with E-state index in [0.29, 0.717) is 46.8 Å². The number of aryl methyl sites for hydroxylation is 5. The van der Waals surface area contributed by atoms with Crippen LogP contribution in [0, 0.1) is 34.6 Å². The number of hydrogen-bond donors (Lipinski definition) is 6. The number of rotatable bonds is 16. The smallest absolute Gasteiger partial charge is 1.00 e. The van der Waals surface area contributed by atoms with Crippen molar-refractivity contribution in [2.45, 2.75) is 55.9 Å². The monoisotopic (exact) mass is 2070 g/mol. The van der Waals surface area contributed by atoms with Gasteiger partial charge in [-0.05, 0) is 152 Å². The van der Waals surface area contributed by atoms with E-state index in [1.54, 1.807) is 56.0 Å². The number of nitrogens with one attached hydrogen (secondary N) is 2. The average Bonchev–Trinajstić information content (AvgIpc) is 1.66. The molecule has 0 aliphatic rings. The van der Waals surface area contributed by atoms with Crippen LogP contribution >= 0.6 is 136 Å². The van der Waals surface area contributed by atoms with E-state index in [-0.39, 0.29) is 307 Å². The van der Waals surface area contributed by atoms with Crippen LogP contribution in [0.15, 0.2) is 89.2 Å². The molecule has 0 unspecified atom stereocenters. The molecule has 0 aromatic carbocycles. The molecule has 37 nitrogen and oxygen atoms in total. The first kappa shape index (κ1) is 135. The molecule has 9 rings (SSSR count). The summed E-state index contributed by atoms with van der Waals surface area (Å²) in [6.07, 6.45) is 9.61. The van der Waals surface area contributed by atoms with Crippen LogP contribution in [-0.4, -0.2) is 195 Å². The summed E-state index contributed by atoms with van der Waals surface area (Å²) in [5.74, 6) is -4.70. The maximum Gasteiger partial charge on any atom is 1.00 e. The summed E-state index contributed by atoms with van der Waals surface area (Å²) >= 11 is 38.9. The van der Waals surface area contributed by atoms with Crippen molar-refractivity contribution < 1.29 is 349 Å². The van der Waals surface area contributed by atoms with Crippen molar-refractivity contribution in [3.63, 3.8) is 0 Å². The number of aromatic carboxylic acids is 1. The minimum Gasteiger partial charge on any atom is -1.00 e. The van der Waals surface area contributed by atoms with Gasteiger partial charge in [0.25, 0.3) is 24.1 Å². The maximum absolute atomic E-state index is 11.7. The Morgan fingerprint density at radius 1 is 0.567 bits per heavy atom. The maximum atomic E-state index is 11.7. The number of pyridine rings is 6. The van der Waals surface area contributed by atoms with Crippen LogP contribution in [0.4, 0.5) is 0 Å². The number of aromatic hydroxyl groups is 1. The molecular formula is C67H78BrCl6K4N6O31PS4. The second-order valence-electron chi connectivity index (χ2n) is 20.0. The Balaban J connectivity index is -0.000000126. The molecule has 0 atom stereocenters. The first-order valence-corrected chi connectivity index (χ1v) is 40.1. The number of ether oxygens (including phenoxy) is 8. The molecule has 0 aliphatic heterocycles. The van der Waals surface area contributed by atoms with Gasteiger partial charge in [0.2, 0.25) is 0 Å². The molecule has 9 aromatic heterocycles. The van der Waals surface area contributed by atoms with Gasteiger partial charge in [0, 0.05) is 37.2 Å². The van der Waals surface area contributed by atoms with Crippen LogP contribution in [0.3, 0.4) is 0 Å². The first-order valence-electron chi connectivity index (χ1n) is 30.0. The van der Waals surface area contributed by atoms with E-state index in [9.17, 15) is 67.2 Å². The zero-order chi connectivity index (χ0) is 88.1. The molecule has 0 bridgehead atoms. The molecule has 0 radical (unpaired) electrons. The van der Waals surface area contributed by atoms with Gasteiger partial charge >= 0.3 is 258 Å². The summed E-state index contributed by atoms with van der Waals surface area (Å²) in [6.45, 7) is 11.1. The number of aromatic nitrogens is 6. The predicted molar refractivity (Wildman–Crippen MR) is 439 cm³/mol. The molecule has 9 aromatic rings. The Morgan fingerprint density at radius 3 is 1.27 bits per heavy atom. The number of Topliss-reactive ketones (excluding diaryl/α,β-unsaturated/α-hetero) is 2. The van der Waals surface area contributed by atoms with Gasteiger partial charge in [0.15, 0.2) is 44.3 Å². The van der Waals surface area contributed by atoms with Crippen LogP contribution in [-0.2, 0) is 71.5 Å². The number of aliphatic carboxylic acids is 1. The molecule has 0 saturated heterocycles. The van der Waals surface area contributed by atoms with Gasteiger partial charge in [0.05, 0.1) is 80.8 Å². The minimum absolute atomic E-state index is 0. The molecule has 0 saturated carbocycles. The summed E-state index contributed by atoms with van der Waals surface area (Å²) < 4.78 is 46.8. The van der Waals surface area contributed by atoms with E-state index >= 15 is 0 Å². The number of carboxylic acids is 2. The fourth-order valence-corrected chi connectivity index (χ4v) is 9.96. The number of halogens is 7. The number of thiol groups is 1. The van der Waals surface area contributed by atoms with Gasteiger partial charge in [-0.2, -0.15) is 12.6 Å². The van der Waals surface area contributed by atoms with Gasteiger partial charge in [-0.25, -0.2) is 53.5 Å². The van der Waals surface area contributed by atoms with E-state index < -0.39 is 64.7 Å². The third kappa shape index (κ3) is 57.7. The molecule has 9 heterocycles. The van der Waals surface area contributed by atoms with Crippen molar-refractivity contribution in [1.82, 2.24) is 29.9 Å². The number of carbonyl (C=O) groups excluding carboxylic acids is 10. The van der Waals surface area contributed by atoms with E-state index in [4.69, 9.17) is 79.3 Å². The molecule has 0 aliphatic carbocycles. The van der Waals surface area contributed by atoms with Gasteiger partial charge in [0.1, 0.15) is 43.2 Å². The second-order valence-corrected chi connectivity index (χ2v) is 31.7. The summed E-state index contributed by atoms with van der Waals surface area (Å²) in [4.78, 5) is 176. The Labute approximate surface area is 913 Å². The topological polar surface area (TPSA) is 570 Å². The van der Waals surface area contributed by atoms with E-state index in [1.165, 1.54) is 92.4 Å². The Hall–Kier alpha value is -2.95. The number of ketones is 2. The third-order valence-electron chi connectivity index (χ3n) is 11.3. The van der Waals surface area contributed by atoms with Crippen molar-refractivity contribution in [2.75, 3.05) is 72.3 Å². The number of carboxylic acid groups (broad SMARTS) is 2. The third-order valence-corrected chi connectivity index (χ3v) is 15.9. The molecule has 53 heteroatoms. The first-order chi connectivity index (χ1) is 53.5. The quantitative estimate of drug-likeness (QED) is 0.00639. The summed E-state index contributed by atoms with van der Waals surface area (Å²) in [5.41, 5.74) is 3.94. The second kappa shape index (κ2) is 77.2. The summed E-state index contributed by atoms with van der Waals surface area (Å²) in [7, 11) is 7.70. The predicted octanol–water partition coefficient (Wildman–Crippen LogP) is -1.10. The van der Waals surface area contributed by atoms with Crippen molar-refractivity contribution >= 4 is 239 Å². The van der Waals surface area contributed by atoms with Crippen molar-refractivity contribution in [3.05, 3.63) is 165 Å². The molecule has 644 valence electrons.